The predicted octanol–water partition coefficient (Wildman–Crippen LogP) is 1.48. The number of amides is 1. The lowest BCUT2D eigenvalue weighted by molar-refractivity contribution is -0.144. The number of halogens is 3. The van der Waals surface area contributed by atoms with Crippen LogP contribution in [0.1, 0.15) is 12.7 Å². The van der Waals surface area contributed by atoms with Crippen LogP contribution < -0.4 is 5.43 Å². The number of aromatic nitrogens is 3. The molecule has 23 heavy (non-hydrogen) atoms. The van der Waals surface area contributed by atoms with Gasteiger partial charge in [-0.1, -0.05) is 0 Å². The molecule has 3 heterocycles. The van der Waals surface area contributed by atoms with Crippen LogP contribution in [0.4, 0.5) is 19.0 Å². The number of nitrogens with zero attached hydrogens (tertiary/aromatic N) is 4. The molecule has 0 fully saturated rings. The van der Waals surface area contributed by atoms with E-state index in [2.05, 4.69) is 20.4 Å². The van der Waals surface area contributed by atoms with Crippen molar-refractivity contribution in [3.63, 3.8) is 0 Å². The fourth-order valence-corrected chi connectivity index (χ4v) is 2.07. The monoisotopic (exact) mass is 325 g/mol. The van der Waals surface area contributed by atoms with E-state index in [4.69, 9.17) is 0 Å². The standard InChI is InChI=1S/C13H10F3N5O2/c1-6-5-8(22)21(11(6)23)20-10-7-3-2-4-17-9(7)18-12(19-10)13(14,15)16/h2-5,11,23H,1H3,(H,17,18,19,20). The Bertz CT molecular complexity index is 821. The van der Waals surface area contributed by atoms with Crippen LogP contribution in [0.15, 0.2) is 30.0 Å². The van der Waals surface area contributed by atoms with Crippen molar-refractivity contribution in [3.8, 4) is 0 Å². The van der Waals surface area contributed by atoms with Crippen LogP contribution in [-0.4, -0.2) is 37.2 Å². The quantitative estimate of drug-likeness (QED) is 0.869. The Morgan fingerprint density at radius 1 is 1.35 bits per heavy atom. The van der Waals surface area contributed by atoms with E-state index < -0.39 is 24.1 Å². The maximum atomic E-state index is 12.9. The number of hydrogen-bond donors (Lipinski definition) is 2. The van der Waals surface area contributed by atoms with Crippen molar-refractivity contribution in [2.45, 2.75) is 19.3 Å². The number of carbonyl (C=O) groups is 1. The van der Waals surface area contributed by atoms with Gasteiger partial charge in [0.05, 0.1) is 5.39 Å². The highest BCUT2D eigenvalue weighted by atomic mass is 19.4. The van der Waals surface area contributed by atoms with Crippen molar-refractivity contribution in [3.05, 3.63) is 35.8 Å². The average Bonchev–Trinajstić information content (AvgIpc) is 2.72. The van der Waals surface area contributed by atoms with Gasteiger partial charge in [0.25, 0.3) is 5.91 Å². The molecule has 2 aromatic rings. The summed E-state index contributed by atoms with van der Waals surface area (Å²) in [6.07, 6.45) is -3.60. The summed E-state index contributed by atoms with van der Waals surface area (Å²) >= 11 is 0. The van der Waals surface area contributed by atoms with Crippen LogP contribution in [0.2, 0.25) is 0 Å². The van der Waals surface area contributed by atoms with Gasteiger partial charge >= 0.3 is 6.18 Å². The number of aliphatic hydroxyl groups is 1. The molecule has 1 unspecified atom stereocenters. The average molecular weight is 325 g/mol. The molecular weight excluding hydrogens is 315 g/mol. The molecule has 0 bridgehead atoms. The van der Waals surface area contributed by atoms with Crippen LogP contribution in [0.5, 0.6) is 0 Å². The number of aliphatic hydroxyl groups excluding tert-OH is 1. The van der Waals surface area contributed by atoms with Gasteiger partial charge < -0.3 is 5.11 Å². The Morgan fingerprint density at radius 2 is 2.09 bits per heavy atom. The highest BCUT2D eigenvalue weighted by Gasteiger charge is 2.36. The topological polar surface area (TPSA) is 91.2 Å². The Labute approximate surface area is 127 Å². The molecule has 1 aliphatic heterocycles. The highest BCUT2D eigenvalue weighted by Crippen LogP contribution is 2.30. The Morgan fingerprint density at radius 3 is 2.70 bits per heavy atom. The van der Waals surface area contributed by atoms with Crippen LogP contribution in [0, 0.1) is 0 Å². The van der Waals surface area contributed by atoms with Gasteiger partial charge in [0.1, 0.15) is 0 Å². The lowest BCUT2D eigenvalue weighted by Crippen LogP contribution is -2.40. The van der Waals surface area contributed by atoms with Gasteiger partial charge in [-0.2, -0.15) is 13.2 Å². The zero-order valence-electron chi connectivity index (χ0n) is 11.7. The Hall–Kier alpha value is -2.75. The summed E-state index contributed by atoms with van der Waals surface area (Å²) in [5.74, 6) is -2.26. The summed E-state index contributed by atoms with van der Waals surface area (Å²) < 4.78 is 38.7. The Balaban J connectivity index is 2.08. The van der Waals surface area contributed by atoms with Crippen molar-refractivity contribution in [1.82, 2.24) is 20.0 Å². The van der Waals surface area contributed by atoms with Crippen LogP contribution >= 0.6 is 0 Å². The van der Waals surface area contributed by atoms with E-state index in [0.717, 1.165) is 5.01 Å². The van der Waals surface area contributed by atoms with E-state index >= 15 is 0 Å². The fraction of sp³-hybridized carbons (Fsp3) is 0.231. The second-order valence-electron chi connectivity index (χ2n) is 4.85. The number of hydrogen-bond acceptors (Lipinski definition) is 6. The van der Waals surface area contributed by atoms with Crippen molar-refractivity contribution >= 4 is 22.8 Å². The molecular formula is C13H10F3N5O2. The number of hydrazine groups is 1. The number of nitrogens with one attached hydrogen (secondary N) is 1. The first kappa shape index (κ1) is 15.2. The summed E-state index contributed by atoms with van der Waals surface area (Å²) in [4.78, 5) is 22.3. The molecule has 1 amide bonds. The highest BCUT2D eigenvalue weighted by molar-refractivity contribution is 5.94. The van der Waals surface area contributed by atoms with Gasteiger partial charge in [0.15, 0.2) is 17.7 Å². The third-order valence-electron chi connectivity index (χ3n) is 3.19. The summed E-state index contributed by atoms with van der Waals surface area (Å²) in [7, 11) is 0. The third-order valence-corrected chi connectivity index (χ3v) is 3.19. The first-order valence-corrected chi connectivity index (χ1v) is 6.43. The van der Waals surface area contributed by atoms with Crippen LogP contribution in [0.25, 0.3) is 11.0 Å². The maximum absolute atomic E-state index is 12.9. The fourth-order valence-electron chi connectivity index (χ4n) is 2.07. The summed E-state index contributed by atoms with van der Waals surface area (Å²) in [6.45, 7) is 1.52. The molecule has 0 aliphatic carbocycles. The minimum atomic E-state index is -4.77. The van der Waals surface area contributed by atoms with Gasteiger partial charge in [0.2, 0.25) is 5.82 Å². The molecule has 0 saturated carbocycles. The van der Waals surface area contributed by atoms with E-state index in [1.807, 2.05) is 0 Å². The molecule has 120 valence electrons. The molecule has 2 N–H and O–H groups in total. The molecule has 7 nitrogen and oxygen atoms in total. The maximum Gasteiger partial charge on any atom is 0.451 e. The first-order valence-electron chi connectivity index (χ1n) is 6.43. The summed E-state index contributed by atoms with van der Waals surface area (Å²) in [5.41, 5.74) is 2.60. The smallest absolute Gasteiger partial charge is 0.368 e. The SMILES string of the molecule is CC1=CC(=O)N(Nc2nc(C(F)(F)F)nc3ncccc23)C1O. The molecule has 1 aliphatic rings. The molecule has 10 heteroatoms. The predicted molar refractivity (Wildman–Crippen MR) is 72.6 cm³/mol. The minimum absolute atomic E-state index is 0.178. The van der Waals surface area contributed by atoms with Crippen LogP contribution in [0.3, 0.4) is 0 Å². The number of carbonyl (C=O) groups excluding carboxylic acids is 1. The summed E-state index contributed by atoms with van der Waals surface area (Å²) in [6, 6.07) is 2.95. The van der Waals surface area contributed by atoms with Gasteiger partial charge in [-0.15, -0.1) is 0 Å². The number of pyridine rings is 1. The van der Waals surface area contributed by atoms with Gasteiger partial charge in [-0.05, 0) is 24.6 Å². The zero-order valence-corrected chi connectivity index (χ0v) is 11.7. The van der Waals surface area contributed by atoms with E-state index in [9.17, 15) is 23.1 Å². The van der Waals surface area contributed by atoms with Crippen molar-refractivity contribution in [1.29, 1.82) is 0 Å². The van der Waals surface area contributed by atoms with E-state index in [1.54, 1.807) is 0 Å². The molecule has 2 aromatic heterocycles. The molecule has 3 rings (SSSR count). The normalized spacial score (nSPS) is 18.5. The minimum Gasteiger partial charge on any atom is -0.368 e. The third kappa shape index (κ3) is 2.68. The zero-order chi connectivity index (χ0) is 16.8. The van der Waals surface area contributed by atoms with Gasteiger partial charge in [-0.25, -0.2) is 20.0 Å². The van der Waals surface area contributed by atoms with Gasteiger partial charge in [0, 0.05) is 12.3 Å². The number of alkyl halides is 3. The second kappa shape index (κ2) is 5.16. The largest absolute Gasteiger partial charge is 0.451 e. The number of rotatable bonds is 2. The number of anilines is 1. The van der Waals surface area contributed by atoms with Crippen molar-refractivity contribution in [2.24, 2.45) is 0 Å². The molecule has 0 saturated heterocycles. The second-order valence-corrected chi connectivity index (χ2v) is 4.85. The summed E-state index contributed by atoms with van der Waals surface area (Å²) in [5, 5.41) is 10.9. The molecule has 0 radical (unpaired) electrons. The van der Waals surface area contributed by atoms with Crippen molar-refractivity contribution in [2.75, 3.05) is 5.43 Å². The molecule has 1 atom stereocenters. The van der Waals surface area contributed by atoms with Gasteiger partial charge in [-0.3, -0.25) is 10.2 Å². The Kier molecular flexibility index (Phi) is 3.40. The van der Waals surface area contributed by atoms with E-state index in [0.29, 0.717) is 5.57 Å². The first-order chi connectivity index (χ1) is 10.8. The molecule has 0 spiro atoms. The van der Waals surface area contributed by atoms with E-state index in [1.165, 1.54) is 31.3 Å². The van der Waals surface area contributed by atoms with Crippen LogP contribution in [-0.2, 0) is 11.0 Å². The lowest BCUT2D eigenvalue weighted by Gasteiger charge is -2.23. The van der Waals surface area contributed by atoms with E-state index in [-0.39, 0.29) is 16.9 Å². The van der Waals surface area contributed by atoms with Crippen molar-refractivity contribution < 1.29 is 23.1 Å². The lowest BCUT2D eigenvalue weighted by atomic mass is 10.3. The number of fused-ring (bicyclic) bond motifs is 1. The molecule has 0 aromatic carbocycles.